The first-order valence-electron chi connectivity index (χ1n) is 6.16. The van der Waals surface area contributed by atoms with Crippen LogP contribution in [0.1, 0.15) is 45.4 Å². The first-order valence-corrected chi connectivity index (χ1v) is 6.16. The van der Waals surface area contributed by atoms with Crippen molar-refractivity contribution in [2.24, 2.45) is 5.92 Å². The Balaban J connectivity index is 2.31. The standard InChI is InChI=1S/C12H21NO4/c1-2-9-3-5-12(17,6-4-9)8-13-10(14)7-11(15)16/h9,17H,2-8H2,1H3,(H,13,14)(H,15,16). The van der Waals surface area contributed by atoms with Crippen molar-refractivity contribution in [2.45, 2.75) is 51.0 Å². The molecule has 0 aromatic rings. The average molecular weight is 243 g/mol. The number of carbonyl (C=O) groups is 2. The largest absolute Gasteiger partial charge is 0.481 e. The average Bonchev–Trinajstić information content (AvgIpc) is 2.27. The number of aliphatic carboxylic acids is 1. The lowest BCUT2D eigenvalue weighted by atomic mass is 9.78. The van der Waals surface area contributed by atoms with Crippen LogP contribution in [0.15, 0.2) is 0 Å². The summed E-state index contributed by atoms with van der Waals surface area (Å²) < 4.78 is 0. The van der Waals surface area contributed by atoms with Gasteiger partial charge in [-0.15, -0.1) is 0 Å². The molecule has 0 heterocycles. The van der Waals surface area contributed by atoms with E-state index in [0.717, 1.165) is 19.3 Å². The Morgan fingerprint density at radius 2 is 1.94 bits per heavy atom. The van der Waals surface area contributed by atoms with Gasteiger partial charge in [-0.2, -0.15) is 0 Å². The second kappa shape index (κ2) is 6.00. The van der Waals surface area contributed by atoms with Crippen LogP contribution in [0.3, 0.4) is 0 Å². The van der Waals surface area contributed by atoms with E-state index < -0.39 is 23.9 Å². The molecule has 1 amide bonds. The van der Waals surface area contributed by atoms with Crippen LogP contribution >= 0.6 is 0 Å². The van der Waals surface area contributed by atoms with Crippen LogP contribution in [0, 0.1) is 5.92 Å². The number of amides is 1. The molecular formula is C12H21NO4. The fourth-order valence-electron chi connectivity index (χ4n) is 2.26. The first-order chi connectivity index (χ1) is 7.95. The molecule has 1 aliphatic rings. The molecular weight excluding hydrogens is 222 g/mol. The molecule has 1 fully saturated rings. The highest BCUT2D eigenvalue weighted by molar-refractivity contribution is 5.93. The summed E-state index contributed by atoms with van der Waals surface area (Å²) in [7, 11) is 0. The van der Waals surface area contributed by atoms with Gasteiger partial charge in [-0.3, -0.25) is 9.59 Å². The summed E-state index contributed by atoms with van der Waals surface area (Å²) in [6.07, 6.45) is 3.90. The number of nitrogens with one attached hydrogen (secondary N) is 1. The quantitative estimate of drug-likeness (QED) is 0.626. The van der Waals surface area contributed by atoms with Crippen molar-refractivity contribution in [2.75, 3.05) is 6.54 Å². The maximum Gasteiger partial charge on any atom is 0.312 e. The summed E-state index contributed by atoms with van der Waals surface area (Å²) in [5.74, 6) is -1.02. The zero-order valence-electron chi connectivity index (χ0n) is 10.2. The molecule has 0 spiro atoms. The predicted molar refractivity (Wildman–Crippen MR) is 62.5 cm³/mol. The van der Waals surface area contributed by atoms with E-state index in [2.05, 4.69) is 12.2 Å². The van der Waals surface area contributed by atoms with Crippen molar-refractivity contribution >= 4 is 11.9 Å². The molecule has 0 aromatic heterocycles. The fraction of sp³-hybridized carbons (Fsp3) is 0.833. The van der Waals surface area contributed by atoms with Gasteiger partial charge in [-0.25, -0.2) is 0 Å². The SMILES string of the molecule is CCC1CCC(O)(CNC(=O)CC(=O)O)CC1. The van der Waals surface area contributed by atoms with Gasteiger partial charge in [0.25, 0.3) is 0 Å². The maximum atomic E-state index is 11.2. The van der Waals surface area contributed by atoms with Crippen molar-refractivity contribution in [1.82, 2.24) is 5.32 Å². The number of carbonyl (C=O) groups excluding carboxylic acids is 1. The van der Waals surface area contributed by atoms with Crippen LogP contribution in [0.2, 0.25) is 0 Å². The van der Waals surface area contributed by atoms with Gasteiger partial charge in [-0.05, 0) is 31.6 Å². The van der Waals surface area contributed by atoms with Gasteiger partial charge in [-0.1, -0.05) is 13.3 Å². The molecule has 3 N–H and O–H groups in total. The molecule has 5 heteroatoms. The van der Waals surface area contributed by atoms with E-state index in [1.807, 2.05) is 0 Å². The summed E-state index contributed by atoms with van der Waals surface area (Å²) in [6.45, 7) is 2.30. The van der Waals surface area contributed by atoms with E-state index in [-0.39, 0.29) is 6.54 Å². The first kappa shape index (κ1) is 14.0. The lowest BCUT2D eigenvalue weighted by Gasteiger charge is -2.35. The van der Waals surface area contributed by atoms with E-state index >= 15 is 0 Å². The van der Waals surface area contributed by atoms with Crippen molar-refractivity contribution in [3.8, 4) is 0 Å². The van der Waals surface area contributed by atoms with Crippen molar-refractivity contribution in [3.63, 3.8) is 0 Å². The number of aliphatic hydroxyl groups is 1. The molecule has 0 atom stereocenters. The van der Waals surface area contributed by atoms with E-state index in [9.17, 15) is 14.7 Å². The third-order valence-electron chi connectivity index (χ3n) is 3.54. The smallest absolute Gasteiger partial charge is 0.312 e. The molecule has 0 bridgehead atoms. The molecule has 0 aliphatic heterocycles. The third kappa shape index (κ3) is 4.73. The molecule has 1 saturated carbocycles. The van der Waals surface area contributed by atoms with Crippen LogP contribution in [-0.4, -0.2) is 34.2 Å². The Morgan fingerprint density at radius 3 is 2.41 bits per heavy atom. The van der Waals surface area contributed by atoms with E-state index in [1.165, 1.54) is 0 Å². The van der Waals surface area contributed by atoms with Gasteiger partial charge in [0.1, 0.15) is 6.42 Å². The summed E-state index contributed by atoms with van der Waals surface area (Å²) in [5.41, 5.74) is -0.847. The Hall–Kier alpha value is -1.10. The zero-order chi connectivity index (χ0) is 12.9. The van der Waals surface area contributed by atoms with Gasteiger partial charge in [0.15, 0.2) is 0 Å². The van der Waals surface area contributed by atoms with E-state index in [1.54, 1.807) is 0 Å². The lowest BCUT2D eigenvalue weighted by Crippen LogP contribution is -2.45. The highest BCUT2D eigenvalue weighted by Gasteiger charge is 2.32. The minimum Gasteiger partial charge on any atom is -0.481 e. The van der Waals surface area contributed by atoms with Gasteiger partial charge in [0.2, 0.25) is 5.91 Å². The van der Waals surface area contributed by atoms with Gasteiger partial charge in [0.05, 0.1) is 5.60 Å². The lowest BCUT2D eigenvalue weighted by molar-refractivity contribution is -0.141. The van der Waals surface area contributed by atoms with Crippen molar-refractivity contribution in [1.29, 1.82) is 0 Å². The number of carboxylic acid groups (broad SMARTS) is 1. The molecule has 0 radical (unpaired) electrons. The Morgan fingerprint density at radius 1 is 1.35 bits per heavy atom. The van der Waals surface area contributed by atoms with Crippen molar-refractivity contribution in [3.05, 3.63) is 0 Å². The normalized spacial score (nSPS) is 28.7. The molecule has 1 rings (SSSR count). The second-order valence-corrected chi connectivity index (χ2v) is 4.92. The Kier molecular flexibility index (Phi) is 4.93. The summed E-state index contributed by atoms with van der Waals surface area (Å²) in [5, 5.41) is 21.1. The van der Waals surface area contributed by atoms with Crippen LogP contribution in [0.25, 0.3) is 0 Å². The summed E-state index contributed by atoms with van der Waals surface area (Å²) in [4.78, 5) is 21.5. The van der Waals surface area contributed by atoms with E-state index in [0.29, 0.717) is 18.8 Å². The number of rotatable bonds is 5. The molecule has 0 aromatic carbocycles. The number of hydrogen-bond acceptors (Lipinski definition) is 3. The molecule has 0 unspecified atom stereocenters. The summed E-state index contributed by atoms with van der Waals surface area (Å²) in [6, 6.07) is 0. The maximum absolute atomic E-state index is 11.2. The van der Waals surface area contributed by atoms with Gasteiger partial charge >= 0.3 is 5.97 Å². The van der Waals surface area contributed by atoms with Crippen LogP contribution in [0.4, 0.5) is 0 Å². The number of carboxylic acids is 1. The monoisotopic (exact) mass is 243 g/mol. The predicted octanol–water partition coefficient (Wildman–Crippen LogP) is 0.909. The second-order valence-electron chi connectivity index (χ2n) is 4.92. The Bertz CT molecular complexity index is 282. The Labute approximate surface area is 101 Å². The van der Waals surface area contributed by atoms with E-state index in [4.69, 9.17) is 5.11 Å². The topological polar surface area (TPSA) is 86.6 Å². The van der Waals surface area contributed by atoms with Crippen LogP contribution in [0.5, 0.6) is 0 Å². The van der Waals surface area contributed by atoms with Crippen LogP contribution < -0.4 is 5.32 Å². The number of hydrogen-bond donors (Lipinski definition) is 3. The molecule has 1 aliphatic carbocycles. The molecule has 5 nitrogen and oxygen atoms in total. The molecule has 17 heavy (non-hydrogen) atoms. The van der Waals surface area contributed by atoms with Gasteiger partial charge in [0, 0.05) is 6.54 Å². The van der Waals surface area contributed by atoms with Crippen molar-refractivity contribution < 1.29 is 19.8 Å². The summed E-state index contributed by atoms with van der Waals surface area (Å²) >= 11 is 0. The van der Waals surface area contributed by atoms with Gasteiger partial charge < -0.3 is 15.5 Å². The minimum absolute atomic E-state index is 0.162. The highest BCUT2D eigenvalue weighted by Crippen LogP contribution is 2.33. The minimum atomic E-state index is -1.15. The molecule has 98 valence electrons. The molecule has 0 saturated heterocycles. The van der Waals surface area contributed by atoms with Crippen LogP contribution in [-0.2, 0) is 9.59 Å². The third-order valence-corrected chi connectivity index (χ3v) is 3.54. The highest BCUT2D eigenvalue weighted by atomic mass is 16.4. The fourth-order valence-corrected chi connectivity index (χ4v) is 2.26. The zero-order valence-corrected chi connectivity index (χ0v) is 10.2.